The van der Waals surface area contributed by atoms with Crippen molar-refractivity contribution in [3.63, 3.8) is 0 Å². The van der Waals surface area contributed by atoms with Gasteiger partial charge in [-0.15, -0.1) is 0 Å². The first-order valence-electron chi connectivity index (χ1n) is 5.38. The van der Waals surface area contributed by atoms with Gasteiger partial charge in [0.2, 0.25) is 0 Å². The van der Waals surface area contributed by atoms with E-state index in [1.54, 1.807) is 13.3 Å². The summed E-state index contributed by atoms with van der Waals surface area (Å²) in [4.78, 5) is 16.9. The predicted molar refractivity (Wildman–Crippen MR) is 72.6 cm³/mol. The number of anilines is 1. The van der Waals surface area contributed by atoms with Gasteiger partial charge in [-0.25, -0.2) is 0 Å². The standard InChI is InChI=1S/C12H13N3O2S/c1-17-10-5-3-2-4-9(10)13-6-8-7-14-12(18)15-11(8)16/h2-5,7,13H,6H2,1H3,(H2,14,15,16,18). The second kappa shape index (κ2) is 5.50. The summed E-state index contributed by atoms with van der Waals surface area (Å²) in [6.45, 7) is 0.391. The number of hydrogen-bond donors (Lipinski definition) is 3. The highest BCUT2D eigenvalue weighted by atomic mass is 32.1. The third-order valence-corrected chi connectivity index (χ3v) is 2.69. The van der Waals surface area contributed by atoms with Crippen LogP contribution in [-0.4, -0.2) is 17.1 Å². The van der Waals surface area contributed by atoms with Crippen LogP contribution in [0, 0.1) is 4.77 Å². The maximum atomic E-state index is 11.6. The lowest BCUT2D eigenvalue weighted by molar-refractivity contribution is 0.416. The summed E-state index contributed by atoms with van der Waals surface area (Å²) in [5, 5.41) is 3.14. The summed E-state index contributed by atoms with van der Waals surface area (Å²) in [6.07, 6.45) is 1.60. The minimum absolute atomic E-state index is 0.193. The van der Waals surface area contributed by atoms with E-state index >= 15 is 0 Å². The fourth-order valence-electron chi connectivity index (χ4n) is 1.55. The number of para-hydroxylation sites is 2. The van der Waals surface area contributed by atoms with Gasteiger partial charge < -0.3 is 15.0 Å². The molecule has 0 bridgehead atoms. The van der Waals surface area contributed by atoms with Gasteiger partial charge in [-0.2, -0.15) is 0 Å². The molecule has 2 aromatic rings. The lowest BCUT2D eigenvalue weighted by Gasteiger charge is -2.10. The van der Waals surface area contributed by atoms with Gasteiger partial charge in [-0.05, 0) is 24.4 Å². The van der Waals surface area contributed by atoms with Gasteiger partial charge in [0.05, 0.1) is 18.4 Å². The lowest BCUT2D eigenvalue weighted by atomic mass is 10.2. The molecule has 0 atom stereocenters. The molecule has 0 aliphatic rings. The lowest BCUT2D eigenvalue weighted by Crippen LogP contribution is -2.16. The highest BCUT2D eigenvalue weighted by Crippen LogP contribution is 2.23. The Morgan fingerprint density at radius 3 is 2.89 bits per heavy atom. The molecule has 5 nitrogen and oxygen atoms in total. The van der Waals surface area contributed by atoms with Gasteiger partial charge in [0, 0.05) is 12.7 Å². The number of H-pyrrole nitrogens is 2. The minimum Gasteiger partial charge on any atom is -0.495 e. The largest absolute Gasteiger partial charge is 0.495 e. The van der Waals surface area contributed by atoms with Crippen molar-refractivity contribution in [3.05, 3.63) is 51.2 Å². The zero-order chi connectivity index (χ0) is 13.0. The van der Waals surface area contributed by atoms with Crippen LogP contribution in [0.3, 0.4) is 0 Å². The normalized spacial score (nSPS) is 10.1. The summed E-state index contributed by atoms with van der Waals surface area (Å²) in [6, 6.07) is 7.52. The van der Waals surface area contributed by atoms with E-state index < -0.39 is 0 Å². The van der Waals surface area contributed by atoms with E-state index in [1.165, 1.54) is 0 Å². The van der Waals surface area contributed by atoms with Crippen LogP contribution < -0.4 is 15.6 Å². The Bertz CT molecular complexity index is 648. The Hall–Kier alpha value is -2.08. The predicted octanol–water partition coefficient (Wildman–Crippen LogP) is 2.05. The van der Waals surface area contributed by atoms with Crippen molar-refractivity contribution in [3.8, 4) is 5.75 Å². The average molecular weight is 263 g/mol. The number of nitrogens with one attached hydrogen (secondary N) is 3. The molecule has 2 rings (SSSR count). The van der Waals surface area contributed by atoms with Crippen LogP contribution in [0.25, 0.3) is 0 Å². The van der Waals surface area contributed by atoms with Crippen LogP contribution in [-0.2, 0) is 6.54 Å². The third kappa shape index (κ3) is 2.78. The van der Waals surface area contributed by atoms with Crippen LogP contribution in [0.2, 0.25) is 0 Å². The Labute approximate surface area is 109 Å². The van der Waals surface area contributed by atoms with Gasteiger partial charge in [0.15, 0.2) is 4.77 Å². The van der Waals surface area contributed by atoms with E-state index in [0.29, 0.717) is 16.9 Å². The van der Waals surface area contributed by atoms with E-state index in [4.69, 9.17) is 17.0 Å². The van der Waals surface area contributed by atoms with Crippen LogP contribution >= 0.6 is 12.2 Å². The Kier molecular flexibility index (Phi) is 3.78. The van der Waals surface area contributed by atoms with Crippen molar-refractivity contribution in [2.75, 3.05) is 12.4 Å². The molecular weight excluding hydrogens is 250 g/mol. The molecule has 0 fully saturated rings. The summed E-state index contributed by atoms with van der Waals surface area (Å²) < 4.78 is 5.53. The maximum absolute atomic E-state index is 11.6. The molecule has 0 unspecified atom stereocenters. The van der Waals surface area contributed by atoms with E-state index in [0.717, 1.165) is 11.4 Å². The number of aromatic amines is 2. The Morgan fingerprint density at radius 1 is 1.39 bits per heavy atom. The zero-order valence-corrected chi connectivity index (χ0v) is 10.6. The van der Waals surface area contributed by atoms with Gasteiger partial charge >= 0.3 is 0 Å². The van der Waals surface area contributed by atoms with Crippen molar-refractivity contribution in [1.82, 2.24) is 9.97 Å². The monoisotopic (exact) mass is 263 g/mol. The first kappa shape index (κ1) is 12.4. The quantitative estimate of drug-likeness (QED) is 0.738. The SMILES string of the molecule is COc1ccccc1NCc1c[nH]c(=S)[nH]c1=O. The Balaban J connectivity index is 2.16. The van der Waals surface area contributed by atoms with Crippen LogP contribution in [0.1, 0.15) is 5.56 Å². The summed E-state index contributed by atoms with van der Waals surface area (Å²) in [5.74, 6) is 0.734. The molecule has 3 N–H and O–H groups in total. The molecule has 0 saturated heterocycles. The van der Waals surface area contributed by atoms with Crippen LogP contribution in [0.5, 0.6) is 5.75 Å². The highest BCUT2D eigenvalue weighted by molar-refractivity contribution is 7.71. The van der Waals surface area contributed by atoms with Crippen molar-refractivity contribution >= 4 is 17.9 Å². The fraction of sp³-hybridized carbons (Fsp3) is 0.167. The van der Waals surface area contributed by atoms with E-state index in [2.05, 4.69) is 15.3 Å². The topological polar surface area (TPSA) is 69.9 Å². The number of hydrogen-bond acceptors (Lipinski definition) is 4. The van der Waals surface area contributed by atoms with E-state index in [1.807, 2.05) is 24.3 Å². The van der Waals surface area contributed by atoms with E-state index in [9.17, 15) is 4.79 Å². The molecular formula is C12H13N3O2S. The molecule has 0 saturated carbocycles. The number of rotatable bonds is 4. The second-order valence-corrected chi connectivity index (χ2v) is 4.06. The molecule has 1 heterocycles. The molecule has 18 heavy (non-hydrogen) atoms. The number of ether oxygens (including phenoxy) is 1. The van der Waals surface area contributed by atoms with Gasteiger partial charge in [-0.3, -0.25) is 9.78 Å². The molecule has 0 amide bonds. The van der Waals surface area contributed by atoms with Crippen molar-refractivity contribution in [1.29, 1.82) is 0 Å². The molecule has 0 aliphatic carbocycles. The van der Waals surface area contributed by atoms with Crippen LogP contribution in [0.15, 0.2) is 35.3 Å². The number of benzene rings is 1. The first-order valence-corrected chi connectivity index (χ1v) is 5.79. The minimum atomic E-state index is -0.193. The maximum Gasteiger partial charge on any atom is 0.256 e. The molecule has 0 aliphatic heterocycles. The summed E-state index contributed by atoms with van der Waals surface area (Å²) in [7, 11) is 1.60. The smallest absolute Gasteiger partial charge is 0.256 e. The summed E-state index contributed by atoms with van der Waals surface area (Å²) >= 11 is 4.82. The zero-order valence-electron chi connectivity index (χ0n) is 9.82. The van der Waals surface area contributed by atoms with Gasteiger partial charge in [-0.1, -0.05) is 12.1 Å². The molecule has 1 aromatic heterocycles. The number of aromatic nitrogens is 2. The molecule has 1 aromatic carbocycles. The first-order chi connectivity index (χ1) is 8.70. The van der Waals surface area contributed by atoms with Crippen molar-refractivity contribution in [2.45, 2.75) is 6.54 Å². The average Bonchev–Trinajstić information content (AvgIpc) is 2.38. The molecule has 6 heteroatoms. The number of methoxy groups -OCH3 is 1. The Morgan fingerprint density at radius 2 is 2.17 bits per heavy atom. The van der Waals surface area contributed by atoms with Crippen molar-refractivity contribution in [2.24, 2.45) is 0 Å². The molecule has 94 valence electrons. The van der Waals surface area contributed by atoms with Gasteiger partial charge in [0.25, 0.3) is 5.56 Å². The molecule has 0 spiro atoms. The van der Waals surface area contributed by atoms with Gasteiger partial charge in [0.1, 0.15) is 5.75 Å². The highest BCUT2D eigenvalue weighted by Gasteiger charge is 2.03. The third-order valence-electron chi connectivity index (χ3n) is 2.47. The fourth-order valence-corrected chi connectivity index (χ4v) is 1.70. The van der Waals surface area contributed by atoms with Crippen molar-refractivity contribution < 1.29 is 4.74 Å². The summed E-state index contributed by atoms with van der Waals surface area (Å²) in [5.41, 5.74) is 1.22. The molecule has 0 radical (unpaired) electrons. The van der Waals surface area contributed by atoms with Crippen LogP contribution in [0.4, 0.5) is 5.69 Å². The second-order valence-electron chi connectivity index (χ2n) is 3.65. The van der Waals surface area contributed by atoms with E-state index in [-0.39, 0.29) is 5.56 Å².